The van der Waals surface area contributed by atoms with E-state index in [0.29, 0.717) is 35.3 Å². The molecule has 0 fully saturated rings. The number of carbonyl (C=O) groups excluding carboxylic acids is 3. The molecule has 0 aliphatic carbocycles. The van der Waals surface area contributed by atoms with Crippen LogP contribution in [0.1, 0.15) is 39.1 Å². The van der Waals surface area contributed by atoms with Crippen LogP contribution in [0.15, 0.2) is 48.5 Å². The van der Waals surface area contributed by atoms with Crippen molar-refractivity contribution in [2.24, 2.45) is 0 Å². The van der Waals surface area contributed by atoms with Gasteiger partial charge in [-0.2, -0.15) is 0 Å². The van der Waals surface area contributed by atoms with E-state index in [0.717, 1.165) is 0 Å². The fourth-order valence-corrected chi connectivity index (χ4v) is 2.46. The topological polar surface area (TPSA) is 84.5 Å². The zero-order valence-corrected chi connectivity index (χ0v) is 14.9. The molecular weight excluding hydrogens is 332 g/mol. The van der Waals surface area contributed by atoms with Crippen LogP contribution in [0.5, 0.6) is 0 Å². The summed E-state index contributed by atoms with van der Waals surface area (Å²) in [5, 5.41) is 5.57. The second-order valence-electron chi connectivity index (χ2n) is 5.74. The summed E-state index contributed by atoms with van der Waals surface area (Å²) in [5.41, 5.74) is 2.24. The van der Waals surface area contributed by atoms with Crippen LogP contribution in [-0.4, -0.2) is 31.4 Å². The number of ether oxygens (including phenoxy) is 1. The number of esters is 1. The molecule has 0 heterocycles. The van der Waals surface area contributed by atoms with Gasteiger partial charge >= 0.3 is 5.97 Å². The Balaban J connectivity index is 1.81. The molecule has 2 aromatic rings. The molecule has 0 aliphatic heterocycles. The first-order valence-electron chi connectivity index (χ1n) is 8.34. The molecule has 0 aliphatic rings. The lowest BCUT2D eigenvalue weighted by molar-refractivity contribution is -0.116. The van der Waals surface area contributed by atoms with Crippen LogP contribution >= 0.6 is 0 Å². The Hall–Kier alpha value is -3.15. The second-order valence-corrected chi connectivity index (χ2v) is 5.74. The number of nitrogens with one attached hydrogen (secondary N) is 2. The highest BCUT2D eigenvalue weighted by Crippen LogP contribution is 2.20. The summed E-state index contributed by atoms with van der Waals surface area (Å²) in [6.45, 7) is 2.16. The predicted octanol–water partition coefficient (Wildman–Crippen LogP) is 2.93. The van der Waals surface area contributed by atoms with Crippen LogP contribution in [0.4, 0.5) is 5.69 Å². The first-order chi connectivity index (χ1) is 12.5. The Morgan fingerprint density at radius 3 is 2.42 bits per heavy atom. The van der Waals surface area contributed by atoms with Crippen molar-refractivity contribution < 1.29 is 19.1 Å². The zero-order chi connectivity index (χ0) is 18.9. The third-order valence-electron chi connectivity index (χ3n) is 3.92. The molecule has 26 heavy (non-hydrogen) atoms. The van der Waals surface area contributed by atoms with E-state index in [1.807, 2.05) is 6.07 Å². The molecule has 6 heteroatoms. The van der Waals surface area contributed by atoms with Crippen molar-refractivity contribution in [2.45, 2.75) is 19.8 Å². The average Bonchev–Trinajstić information content (AvgIpc) is 2.66. The third kappa shape index (κ3) is 5.17. The van der Waals surface area contributed by atoms with E-state index < -0.39 is 5.97 Å². The minimum Gasteiger partial charge on any atom is -0.465 e. The fourth-order valence-electron chi connectivity index (χ4n) is 2.46. The minimum absolute atomic E-state index is 0.160. The number of hydrogen-bond donors (Lipinski definition) is 2. The molecule has 0 aromatic heterocycles. The maximum absolute atomic E-state index is 12.1. The highest BCUT2D eigenvalue weighted by molar-refractivity contribution is 5.97. The van der Waals surface area contributed by atoms with Crippen molar-refractivity contribution in [3.05, 3.63) is 65.2 Å². The summed E-state index contributed by atoms with van der Waals surface area (Å²) < 4.78 is 4.72. The SMILES string of the molecule is COC(=O)c1cccc(NC(=O)CCCNC(=O)c2ccccc2)c1C. The van der Waals surface area contributed by atoms with Crippen molar-refractivity contribution in [3.63, 3.8) is 0 Å². The Kier molecular flexibility index (Phi) is 6.91. The van der Waals surface area contributed by atoms with Gasteiger partial charge in [-0.3, -0.25) is 9.59 Å². The molecule has 2 rings (SSSR count). The molecule has 0 atom stereocenters. The van der Waals surface area contributed by atoms with Crippen LogP contribution < -0.4 is 10.6 Å². The highest BCUT2D eigenvalue weighted by atomic mass is 16.5. The van der Waals surface area contributed by atoms with Crippen LogP contribution in [-0.2, 0) is 9.53 Å². The van der Waals surface area contributed by atoms with Crippen LogP contribution in [0.2, 0.25) is 0 Å². The molecular formula is C20H22N2O4. The summed E-state index contributed by atoms with van der Waals surface area (Å²) in [6, 6.07) is 14.0. The molecule has 2 N–H and O–H groups in total. The van der Waals surface area contributed by atoms with Crippen molar-refractivity contribution in [3.8, 4) is 0 Å². The fraction of sp³-hybridized carbons (Fsp3) is 0.250. The number of anilines is 1. The summed E-state index contributed by atoms with van der Waals surface area (Å²) >= 11 is 0. The maximum Gasteiger partial charge on any atom is 0.338 e. The first kappa shape index (κ1) is 19.2. The van der Waals surface area contributed by atoms with Crippen molar-refractivity contribution in [1.29, 1.82) is 0 Å². The number of benzene rings is 2. The van der Waals surface area contributed by atoms with Crippen LogP contribution in [0, 0.1) is 6.92 Å². The Morgan fingerprint density at radius 2 is 1.73 bits per heavy atom. The van der Waals surface area contributed by atoms with Crippen molar-refractivity contribution >= 4 is 23.5 Å². The summed E-state index contributed by atoms with van der Waals surface area (Å²) in [7, 11) is 1.32. The van der Waals surface area contributed by atoms with Gasteiger partial charge in [0.1, 0.15) is 0 Å². The van der Waals surface area contributed by atoms with E-state index >= 15 is 0 Å². The van der Waals surface area contributed by atoms with Gasteiger partial charge in [-0.25, -0.2) is 4.79 Å². The summed E-state index contributed by atoms with van der Waals surface area (Å²) in [6.07, 6.45) is 0.775. The average molecular weight is 354 g/mol. The van der Waals surface area contributed by atoms with Crippen molar-refractivity contribution in [1.82, 2.24) is 5.32 Å². The lowest BCUT2D eigenvalue weighted by Crippen LogP contribution is -2.25. The van der Waals surface area contributed by atoms with E-state index in [1.54, 1.807) is 49.4 Å². The van der Waals surface area contributed by atoms with E-state index in [-0.39, 0.29) is 18.2 Å². The van der Waals surface area contributed by atoms with Gasteiger partial charge < -0.3 is 15.4 Å². The molecule has 2 amide bonds. The first-order valence-corrected chi connectivity index (χ1v) is 8.34. The van der Waals surface area contributed by atoms with Gasteiger partial charge in [0, 0.05) is 24.2 Å². The van der Waals surface area contributed by atoms with Gasteiger partial charge in [-0.05, 0) is 43.2 Å². The molecule has 6 nitrogen and oxygen atoms in total. The number of amides is 2. The Bertz CT molecular complexity index is 788. The van der Waals surface area contributed by atoms with E-state index in [2.05, 4.69) is 10.6 Å². The van der Waals surface area contributed by atoms with Gasteiger partial charge in [0.25, 0.3) is 5.91 Å². The molecule has 0 radical (unpaired) electrons. The second kappa shape index (κ2) is 9.36. The molecule has 0 bridgehead atoms. The van der Waals surface area contributed by atoms with Crippen LogP contribution in [0.3, 0.4) is 0 Å². The van der Waals surface area contributed by atoms with Crippen molar-refractivity contribution in [2.75, 3.05) is 19.0 Å². The number of hydrogen-bond acceptors (Lipinski definition) is 4. The predicted molar refractivity (Wildman–Crippen MR) is 99.2 cm³/mol. The van der Waals surface area contributed by atoms with Gasteiger partial charge in [-0.15, -0.1) is 0 Å². The Labute approximate surface area is 152 Å². The van der Waals surface area contributed by atoms with Gasteiger partial charge in [0.05, 0.1) is 12.7 Å². The van der Waals surface area contributed by atoms with E-state index in [1.165, 1.54) is 7.11 Å². The lowest BCUT2D eigenvalue weighted by Gasteiger charge is -2.11. The zero-order valence-electron chi connectivity index (χ0n) is 14.9. The smallest absolute Gasteiger partial charge is 0.338 e. The number of methoxy groups -OCH3 is 1. The summed E-state index contributed by atoms with van der Waals surface area (Å²) in [4.78, 5) is 35.7. The standard InChI is InChI=1S/C20H22N2O4/c1-14-16(20(25)26-2)10-6-11-17(14)22-18(23)12-7-13-21-19(24)15-8-4-3-5-9-15/h3-6,8-11H,7,12-13H2,1-2H3,(H,21,24)(H,22,23). The van der Waals surface area contributed by atoms with E-state index in [4.69, 9.17) is 4.74 Å². The molecule has 0 saturated carbocycles. The maximum atomic E-state index is 12.1. The van der Waals surface area contributed by atoms with E-state index in [9.17, 15) is 14.4 Å². The van der Waals surface area contributed by atoms with Crippen LogP contribution in [0.25, 0.3) is 0 Å². The van der Waals surface area contributed by atoms with Gasteiger partial charge in [0.2, 0.25) is 5.91 Å². The molecule has 136 valence electrons. The number of rotatable bonds is 7. The third-order valence-corrected chi connectivity index (χ3v) is 3.92. The summed E-state index contributed by atoms with van der Waals surface area (Å²) in [5.74, 6) is -0.779. The Morgan fingerprint density at radius 1 is 1.00 bits per heavy atom. The molecule has 0 saturated heterocycles. The van der Waals surface area contributed by atoms with Gasteiger partial charge in [-0.1, -0.05) is 24.3 Å². The molecule has 2 aromatic carbocycles. The lowest BCUT2D eigenvalue weighted by atomic mass is 10.1. The molecule has 0 spiro atoms. The van der Waals surface area contributed by atoms with Gasteiger partial charge in [0.15, 0.2) is 0 Å². The monoisotopic (exact) mass is 354 g/mol. The normalized spacial score (nSPS) is 10.1. The largest absolute Gasteiger partial charge is 0.465 e. The minimum atomic E-state index is -0.442. The highest BCUT2D eigenvalue weighted by Gasteiger charge is 2.13. The number of carbonyl (C=O) groups is 3. The molecule has 0 unspecified atom stereocenters. The quantitative estimate of drug-likeness (QED) is 0.591.